The number of hydrogen-bond acceptors (Lipinski definition) is 3. The van der Waals surface area contributed by atoms with Crippen molar-refractivity contribution < 1.29 is 4.79 Å². The summed E-state index contributed by atoms with van der Waals surface area (Å²) < 4.78 is 1.31. The molecule has 0 aliphatic carbocycles. The molecule has 2 aromatic heterocycles. The van der Waals surface area contributed by atoms with E-state index >= 15 is 0 Å². The molecular formula is C14H18OS2. The van der Waals surface area contributed by atoms with Crippen molar-refractivity contribution in [3.63, 3.8) is 0 Å². The van der Waals surface area contributed by atoms with Crippen molar-refractivity contribution in [1.29, 1.82) is 0 Å². The number of hydrogen-bond donors (Lipinski definition) is 0. The Kier molecular flexibility index (Phi) is 4.00. The first kappa shape index (κ1) is 12.8. The summed E-state index contributed by atoms with van der Waals surface area (Å²) in [5, 5.41) is 1.29. The highest BCUT2D eigenvalue weighted by molar-refractivity contribution is 7.25. The van der Waals surface area contributed by atoms with Crippen molar-refractivity contribution in [2.24, 2.45) is 0 Å². The van der Waals surface area contributed by atoms with E-state index in [4.69, 9.17) is 0 Å². The first-order valence-corrected chi connectivity index (χ1v) is 7.79. The zero-order valence-corrected chi connectivity index (χ0v) is 12.3. The van der Waals surface area contributed by atoms with Crippen LogP contribution in [0.25, 0.3) is 10.1 Å². The van der Waals surface area contributed by atoms with Gasteiger partial charge in [0.15, 0.2) is 5.78 Å². The predicted molar refractivity (Wildman–Crippen MR) is 77.6 cm³/mol. The standard InChI is InChI=1S/C14H18OS2/c1-4-5-6-7-12(15)13-8-11-9(2)16-10(3)14(11)17-13/h8H,4-7H2,1-3H3. The van der Waals surface area contributed by atoms with Gasteiger partial charge < -0.3 is 0 Å². The molecule has 2 aromatic rings. The second-order valence-electron chi connectivity index (χ2n) is 4.45. The molecule has 0 aromatic carbocycles. The maximum absolute atomic E-state index is 12.0. The van der Waals surface area contributed by atoms with Crippen LogP contribution in [0.4, 0.5) is 0 Å². The maximum atomic E-state index is 12.0. The molecule has 0 fully saturated rings. The summed E-state index contributed by atoms with van der Waals surface area (Å²) >= 11 is 3.50. The Balaban J connectivity index is 2.19. The molecule has 0 N–H and O–H groups in total. The Bertz CT molecular complexity index is 499. The third-order valence-electron chi connectivity index (χ3n) is 3.02. The van der Waals surface area contributed by atoms with Crippen molar-refractivity contribution in [1.82, 2.24) is 0 Å². The molecule has 0 aliphatic heterocycles. The number of aryl methyl sites for hydroxylation is 2. The van der Waals surface area contributed by atoms with Gasteiger partial charge >= 0.3 is 0 Å². The van der Waals surface area contributed by atoms with E-state index in [1.54, 1.807) is 11.3 Å². The van der Waals surface area contributed by atoms with Gasteiger partial charge in [-0.2, -0.15) is 0 Å². The second kappa shape index (κ2) is 5.32. The first-order valence-electron chi connectivity index (χ1n) is 6.16. The lowest BCUT2D eigenvalue weighted by Crippen LogP contribution is -1.95. The van der Waals surface area contributed by atoms with Crippen LogP contribution in [0.1, 0.15) is 52.0 Å². The molecule has 0 aliphatic rings. The molecule has 3 heteroatoms. The Morgan fingerprint density at radius 1 is 1.18 bits per heavy atom. The molecular weight excluding hydrogens is 248 g/mol. The van der Waals surface area contributed by atoms with Gasteiger partial charge in [-0.1, -0.05) is 19.8 Å². The topological polar surface area (TPSA) is 17.1 Å². The fourth-order valence-corrected chi connectivity index (χ4v) is 4.37. The van der Waals surface area contributed by atoms with Gasteiger partial charge in [0.05, 0.1) is 4.88 Å². The summed E-state index contributed by atoms with van der Waals surface area (Å²) in [6, 6.07) is 2.09. The van der Waals surface area contributed by atoms with Crippen LogP contribution in [0.3, 0.4) is 0 Å². The molecule has 0 bridgehead atoms. The lowest BCUT2D eigenvalue weighted by atomic mass is 10.1. The number of Topliss-reactive ketones (excluding diaryl/α,β-unsaturated/α-hetero) is 1. The Labute approximate surface area is 110 Å². The smallest absolute Gasteiger partial charge is 0.172 e. The van der Waals surface area contributed by atoms with E-state index in [-0.39, 0.29) is 0 Å². The molecule has 1 nitrogen and oxygen atoms in total. The molecule has 92 valence electrons. The van der Waals surface area contributed by atoms with Crippen LogP contribution in [0, 0.1) is 13.8 Å². The molecule has 0 saturated carbocycles. The van der Waals surface area contributed by atoms with Gasteiger partial charge in [-0.15, -0.1) is 22.7 Å². The monoisotopic (exact) mass is 266 g/mol. The molecule has 0 amide bonds. The molecule has 0 spiro atoms. The zero-order valence-electron chi connectivity index (χ0n) is 10.6. The minimum absolute atomic E-state index is 0.323. The van der Waals surface area contributed by atoms with Gasteiger partial charge in [-0.3, -0.25) is 4.79 Å². The van der Waals surface area contributed by atoms with Crippen LogP contribution in [-0.4, -0.2) is 5.78 Å². The van der Waals surface area contributed by atoms with Gasteiger partial charge in [0.25, 0.3) is 0 Å². The van der Waals surface area contributed by atoms with E-state index in [9.17, 15) is 4.79 Å². The fourth-order valence-electron chi connectivity index (χ4n) is 2.04. The first-order chi connectivity index (χ1) is 8.13. The summed E-state index contributed by atoms with van der Waals surface area (Å²) in [7, 11) is 0. The van der Waals surface area contributed by atoms with Crippen LogP contribution in [0.5, 0.6) is 0 Å². The van der Waals surface area contributed by atoms with Crippen molar-refractivity contribution >= 4 is 38.5 Å². The number of fused-ring (bicyclic) bond motifs is 1. The SMILES string of the molecule is CCCCCC(=O)c1cc2c(C)sc(C)c2s1. The highest BCUT2D eigenvalue weighted by Crippen LogP contribution is 2.37. The van der Waals surface area contributed by atoms with Gasteiger partial charge in [0, 0.05) is 26.3 Å². The number of carbonyl (C=O) groups excluding carboxylic acids is 1. The number of ketones is 1. The van der Waals surface area contributed by atoms with Crippen LogP contribution in [0.2, 0.25) is 0 Å². The molecule has 17 heavy (non-hydrogen) atoms. The maximum Gasteiger partial charge on any atom is 0.172 e. The zero-order chi connectivity index (χ0) is 12.4. The van der Waals surface area contributed by atoms with Gasteiger partial charge in [-0.05, 0) is 26.3 Å². The molecule has 0 saturated heterocycles. The summed E-state index contributed by atoms with van der Waals surface area (Å²) in [4.78, 5) is 15.6. The lowest BCUT2D eigenvalue weighted by molar-refractivity contribution is 0.0983. The quantitative estimate of drug-likeness (QED) is 0.527. The summed E-state index contributed by atoms with van der Waals surface area (Å²) in [5.41, 5.74) is 0. The highest BCUT2D eigenvalue weighted by atomic mass is 32.1. The third kappa shape index (κ3) is 2.61. The lowest BCUT2D eigenvalue weighted by Gasteiger charge is -1.96. The van der Waals surface area contributed by atoms with E-state index in [1.807, 2.05) is 11.3 Å². The van der Waals surface area contributed by atoms with E-state index in [1.165, 1.54) is 26.3 Å². The van der Waals surface area contributed by atoms with E-state index in [2.05, 4.69) is 26.8 Å². The van der Waals surface area contributed by atoms with Crippen LogP contribution >= 0.6 is 22.7 Å². The van der Waals surface area contributed by atoms with E-state index in [0.717, 1.165) is 17.7 Å². The summed E-state index contributed by atoms with van der Waals surface area (Å²) in [6.07, 6.45) is 4.06. The predicted octanol–water partition coefficient (Wildman–Crippen LogP) is 5.34. The van der Waals surface area contributed by atoms with Gasteiger partial charge in [-0.25, -0.2) is 0 Å². The molecule has 0 radical (unpaired) electrons. The number of thiophene rings is 2. The molecule has 0 unspecified atom stereocenters. The third-order valence-corrected chi connectivity index (χ3v) is 5.48. The largest absolute Gasteiger partial charge is 0.293 e. The average Bonchev–Trinajstić information content (AvgIpc) is 2.82. The summed E-state index contributed by atoms with van der Waals surface area (Å²) in [6.45, 7) is 6.44. The normalized spacial score (nSPS) is 11.2. The fraction of sp³-hybridized carbons (Fsp3) is 0.500. The van der Waals surface area contributed by atoms with Gasteiger partial charge in [0.2, 0.25) is 0 Å². The molecule has 2 rings (SSSR count). The number of rotatable bonds is 5. The van der Waals surface area contributed by atoms with Crippen LogP contribution < -0.4 is 0 Å². The van der Waals surface area contributed by atoms with Gasteiger partial charge in [0.1, 0.15) is 0 Å². The second-order valence-corrected chi connectivity index (χ2v) is 6.93. The molecule has 2 heterocycles. The van der Waals surface area contributed by atoms with Crippen molar-refractivity contribution in [2.45, 2.75) is 46.5 Å². The highest BCUT2D eigenvalue weighted by Gasteiger charge is 2.14. The number of carbonyl (C=O) groups is 1. The summed E-state index contributed by atoms with van der Waals surface area (Å²) in [5.74, 6) is 0.323. The minimum Gasteiger partial charge on any atom is -0.293 e. The Morgan fingerprint density at radius 2 is 1.94 bits per heavy atom. The Hall–Kier alpha value is -0.670. The van der Waals surface area contributed by atoms with E-state index < -0.39 is 0 Å². The van der Waals surface area contributed by atoms with Crippen molar-refractivity contribution in [3.8, 4) is 0 Å². The Morgan fingerprint density at radius 3 is 2.59 bits per heavy atom. The van der Waals surface area contributed by atoms with Crippen molar-refractivity contribution in [3.05, 3.63) is 20.7 Å². The number of unbranched alkanes of at least 4 members (excludes halogenated alkanes) is 2. The van der Waals surface area contributed by atoms with Crippen molar-refractivity contribution in [2.75, 3.05) is 0 Å². The average molecular weight is 266 g/mol. The van der Waals surface area contributed by atoms with Crippen LogP contribution in [-0.2, 0) is 0 Å². The van der Waals surface area contributed by atoms with E-state index in [0.29, 0.717) is 12.2 Å². The van der Waals surface area contributed by atoms with Crippen LogP contribution in [0.15, 0.2) is 6.07 Å². The molecule has 0 atom stereocenters. The minimum atomic E-state index is 0.323.